The van der Waals surface area contributed by atoms with E-state index in [-0.39, 0.29) is 16.9 Å². The van der Waals surface area contributed by atoms with Crippen molar-refractivity contribution in [2.24, 2.45) is 0 Å². The van der Waals surface area contributed by atoms with E-state index in [2.05, 4.69) is 5.32 Å². The normalized spacial score (nSPS) is 19.8. The molecule has 1 atom stereocenters. The molecule has 0 aromatic heterocycles. The summed E-state index contributed by atoms with van der Waals surface area (Å²) in [6.45, 7) is 5.73. The molecular formula is C19H20NO4S. The van der Waals surface area contributed by atoms with Crippen LogP contribution in [0.15, 0.2) is 53.4 Å². The third kappa shape index (κ3) is 3.14. The zero-order chi connectivity index (χ0) is 18.3. The lowest BCUT2D eigenvalue weighted by Gasteiger charge is -2.24. The molecule has 0 spiro atoms. The molecule has 2 aromatic carbocycles. The van der Waals surface area contributed by atoms with Crippen LogP contribution >= 0.6 is 0 Å². The number of ether oxygens (including phenoxy) is 1. The molecule has 0 saturated heterocycles. The number of rotatable bonds is 4. The van der Waals surface area contributed by atoms with Crippen molar-refractivity contribution in [3.63, 3.8) is 0 Å². The van der Waals surface area contributed by atoms with E-state index in [1.54, 1.807) is 36.6 Å². The molecule has 3 rings (SSSR count). The number of sulfone groups is 1. The minimum Gasteiger partial charge on any atom is -0.488 e. The summed E-state index contributed by atoms with van der Waals surface area (Å²) in [5.41, 5.74) is 1.04. The third-order valence-electron chi connectivity index (χ3n) is 3.98. The van der Waals surface area contributed by atoms with Crippen LogP contribution in [0.2, 0.25) is 0 Å². The molecule has 0 unspecified atom stereocenters. The molecule has 1 aliphatic rings. The van der Waals surface area contributed by atoms with Crippen molar-refractivity contribution in [3.05, 3.63) is 54.1 Å². The molecule has 0 bridgehead atoms. The number of carbonyl (C=O) groups excluding carboxylic acids is 1. The van der Waals surface area contributed by atoms with Gasteiger partial charge in [-0.2, -0.15) is 0 Å². The molecule has 1 radical (unpaired) electrons. The smallest absolute Gasteiger partial charge is 0.243 e. The SMILES string of the molecule is CC(C)(C)Oc1ccc(S(=O)(=O)[C@]2([C]=O)Cc3ccccc3N2)cc1. The van der Waals surface area contributed by atoms with Crippen LogP contribution in [-0.4, -0.2) is 25.2 Å². The number of para-hydroxylation sites is 1. The van der Waals surface area contributed by atoms with Crippen LogP contribution in [0.1, 0.15) is 26.3 Å². The van der Waals surface area contributed by atoms with Crippen LogP contribution in [0.4, 0.5) is 5.69 Å². The largest absolute Gasteiger partial charge is 0.488 e. The Labute approximate surface area is 147 Å². The Morgan fingerprint density at radius 2 is 1.72 bits per heavy atom. The van der Waals surface area contributed by atoms with Crippen LogP contribution in [-0.2, 0) is 21.1 Å². The van der Waals surface area contributed by atoms with Crippen molar-refractivity contribution in [3.8, 4) is 5.75 Å². The second-order valence-electron chi connectivity index (χ2n) is 7.08. The predicted molar refractivity (Wildman–Crippen MR) is 96.2 cm³/mol. The topological polar surface area (TPSA) is 72.5 Å². The quantitative estimate of drug-likeness (QED) is 0.909. The van der Waals surface area contributed by atoms with E-state index in [4.69, 9.17) is 4.74 Å². The highest BCUT2D eigenvalue weighted by Gasteiger charge is 2.50. The van der Waals surface area contributed by atoms with Crippen molar-refractivity contribution in [1.82, 2.24) is 0 Å². The first kappa shape index (κ1) is 17.5. The maximum absolute atomic E-state index is 13.1. The highest BCUT2D eigenvalue weighted by molar-refractivity contribution is 7.93. The number of nitrogens with one attached hydrogen (secondary N) is 1. The van der Waals surface area contributed by atoms with E-state index < -0.39 is 14.7 Å². The van der Waals surface area contributed by atoms with Crippen LogP contribution in [0.3, 0.4) is 0 Å². The fourth-order valence-corrected chi connectivity index (χ4v) is 4.44. The average molecular weight is 358 g/mol. The fraction of sp³-hybridized carbons (Fsp3) is 0.316. The molecule has 0 fully saturated rings. The van der Waals surface area contributed by atoms with Gasteiger partial charge in [-0.1, -0.05) is 18.2 Å². The number of hydrogen-bond acceptors (Lipinski definition) is 5. The van der Waals surface area contributed by atoms with E-state index >= 15 is 0 Å². The van der Waals surface area contributed by atoms with Crippen molar-refractivity contribution >= 4 is 21.8 Å². The monoisotopic (exact) mass is 358 g/mol. The number of benzene rings is 2. The summed E-state index contributed by atoms with van der Waals surface area (Å²) in [4.78, 5) is 9.93. The highest BCUT2D eigenvalue weighted by atomic mass is 32.2. The second-order valence-corrected chi connectivity index (χ2v) is 9.25. The summed E-state index contributed by atoms with van der Waals surface area (Å²) in [6.07, 6.45) is 1.79. The minimum absolute atomic E-state index is 0.0508. The Kier molecular flexibility index (Phi) is 4.11. The minimum atomic E-state index is -3.97. The van der Waals surface area contributed by atoms with Gasteiger partial charge in [-0.05, 0) is 56.7 Å². The Balaban J connectivity index is 1.95. The van der Waals surface area contributed by atoms with E-state index in [9.17, 15) is 13.2 Å². The molecular weight excluding hydrogens is 338 g/mol. The third-order valence-corrected chi connectivity index (χ3v) is 6.12. The maximum Gasteiger partial charge on any atom is 0.243 e. The lowest BCUT2D eigenvalue weighted by molar-refractivity contribution is 0.131. The van der Waals surface area contributed by atoms with Gasteiger partial charge in [0, 0.05) is 12.1 Å². The van der Waals surface area contributed by atoms with Gasteiger partial charge in [-0.3, -0.25) is 4.79 Å². The Hall–Kier alpha value is -2.34. The first-order chi connectivity index (χ1) is 11.7. The Morgan fingerprint density at radius 3 is 2.28 bits per heavy atom. The van der Waals surface area contributed by atoms with Crippen LogP contribution in [0.25, 0.3) is 0 Å². The molecule has 6 heteroatoms. The molecule has 1 N–H and O–H groups in total. The molecule has 0 aliphatic carbocycles. The Morgan fingerprint density at radius 1 is 1.08 bits per heavy atom. The summed E-state index contributed by atoms with van der Waals surface area (Å²) >= 11 is 0. The Bertz CT molecular complexity index is 871. The van der Waals surface area contributed by atoms with Gasteiger partial charge in [0.25, 0.3) is 0 Å². The van der Waals surface area contributed by atoms with Crippen molar-refractivity contribution in [2.75, 3.05) is 5.32 Å². The fourth-order valence-electron chi connectivity index (χ4n) is 2.85. The summed E-state index contributed by atoms with van der Waals surface area (Å²) in [5, 5.41) is 2.85. The van der Waals surface area contributed by atoms with E-state index in [1.807, 2.05) is 26.8 Å². The summed E-state index contributed by atoms with van der Waals surface area (Å²) in [6, 6.07) is 13.3. The van der Waals surface area contributed by atoms with E-state index in [1.165, 1.54) is 12.1 Å². The average Bonchev–Trinajstić information content (AvgIpc) is 2.94. The van der Waals surface area contributed by atoms with Gasteiger partial charge in [0.1, 0.15) is 11.4 Å². The standard InChI is InChI=1S/C19H20NO4S/c1-18(2,3)24-15-8-10-16(11-9-15)25(22,23)19(13-21)12-14-6-4-5-7-17(14)20-19/h4-11,20H,12H2,1-3H3/t19-/m0/s1. The number of hydrogen-bond donors (Lipinski definition) is 1. The van der Waals surface area contributed by atoms with Crippen LogP contribution < -0.4 is 10.1 Å². The van der Waals surface area contributed by atoms with Crippen LogP contribution in [0, 0.1) is 0 Å². The molecule has 1 aliphatic heterocycles. The van der Waals surface area contributed by atoms with Gasteiger partial charge in [0.2, 0.25) is 21.0 Å². The molecule has 0 saturated carbocycles. The lowest BCUT2D eigenvalue weighted by atomic mass is 10.1. The summed E-state index contributed by atoms with van der Waals surface area (Å²) < 4.78 is 31.9. The van der Waals surface area contributed by atoms with Crippen LogP contribution in [0.5, 0.6) is 5.75 Å². The number of fused-ring (bicyclic) bond motifs is 1. The van der Waals surface area contributed by atoms with E-state index in [0.717, 1.165) is 5.56 Å². The zero-order valence-electron chi connectivity index (χ0n) is 14.4. The molecule has 5 nitrogen and oxygen atoms in total. The van der Waals surface area contributed by atoms with Gasteiger partial charge < -0.3 is 10.1 Å². The molecule has 0 amide bonds. The molecule has 131 valence electrons. The van der Waals surface area contributed by atoms with Gasteiger partial charge >= 0.3 is 0 Å². The predicted octanol–water partition coefficient (Wildman–Crippen LogP) is 3.11. The van der Waals surface area contributed by atoms with Gasteiger partial charge in [0.15, 0.2) is 0 Å². The van der Waals surface area contributed by atoms with Crippen molar-refractivity contribution in [2.45, 2.75) is 42.6 Å². The van der Waals surface area contributed by atoms with Gasteiger partial charge in [-0.25, -0.2) is 8.42 Å². The zero-order valence-corrected chi connectivity index (χ0v) is 15.2. The maximum atomic E-state index is 13.1. The first-order valence-electron chi connectivity index (χ1n) is 7.96. The molecule has 1 heterocycles. The lowest BCUT2D eigenvalue weighted by Crippen LogP contribution is -2.46. The summed E-state index contributed by atoms with van der Waals surface area (Å²) in [7, 11) is -3.97. The van der Waals surface area contributed by atoms with E-state index in [0.29, 0.717) is 11.4 Å². The van der Waals surface area contributed by atoms with Gasteiger partial charge in [-0.15, -0.1) is 0 Å². The first-order valence-corrected chi connectivity index (χ1v) is 9.44. The summed E-state index contributed by atoms with van der Waals surface area (Å²) in [5.74, 6) is 0.568. The van der Waals surface area contributed by atoms with Gasteiger partial charge in [0.05, 0.1) is 4.90 Å². The number of anilines is 1. The molecule has 2 aromatic rings. The molecule has 25 heavy (non-hydrogen) atoms. The van der Waals surface area contributed by atoms with Crippen molar-refractivity contribution in [1.29, 1.82) is 0 Å². The highest BCUT2D eigenvalue weighted by Crippen LogP contribution is 2.38. The second kappa shape index (κ2) is 5.88. The van der Waals surface area contributed by atoms with Crippen molar-refractivity contribution < 1.29 is 17.9 Å².